The zero-order valence-corrected chi connectivity index (χ0v) is 9.78. The predicted molar refractivity (Wildman–Crippen MR) is 61.8 cm³/mol. The Morgan fingerprint density at radius 1 is 1.62 bits per heavy atom. The van der Waals surface area contributed by atoms with Crippen molar-refractivity contribution >= 4 is 6.09 Å². The Balaban J connectivity index is 2.66. The SMILES string of the molecule is C=C(C)NC(=O)O[C@H](C)c1cccnc1C. The monoisotopic (exact) mass is 220 g/mol. The molecule has 1 N–H and O–H groups in total. The third-order valence-electron chi connectivity index (χ3n) is 2.09. The average Bonchev–Trinajstić information content (AvgIpc) is 2.16. The van der Waals surface area contributed by atoms with Crippen LogP contribution in [0.4, 0.5) is 4.79 Å². The third kappa shape index (κ3) is 3.38. The lowest BCUT2D eigenvalue weighted by Crippen LogP contribution is -2.23. The van der Waals surface area contributed by atoms with Crippen molar-refractivity contribution in [2.24, 2.45) is 0 Å². The van der Waals surface area contributed by atoms with Gasteiger partial charge in [-0.05, 0) is 26.8 Å². The lowest BCUT2D eigenvalue weighted by atomic mass is 10.1. The maximum atomic E-state index is 11.3. The van der Waals surface area contributed by atoms with E-state index in [0.29, 0.717) is 5.70 Å². The molecule has 1 atom stereocenters. The minimum Gasteiger partial charge on any atom is -0.441 e. The van der Waals surface area contributed by atoms with Crippen LogP contribution in [-0.4, -0.2) is 11.1 Å². The fourth-order valence-corrected chi connectivity index (χ4v) is 1.35. The maximum Gasteiger partial charge on any atom is 0.411 e. The molecule has 1 aromatic heterocycles. The van der Waals surface area contributed by atoms with Gasteiger partial charge in [0, 0.05) is 23.2 Å². The Labute approximate surface area is 95.3 Å². The van der Waals surface area contributed by atoms with Gasteiger partial charge in [-0.3, -0.25) is 10.3 Å². The topological polar surface area (TPSA) is 51.2 Å². The zero-order valence-electron chi connectivity index (χ0n) is 9.78. The van der Waals surface area contributed by atoms with Crippen LogP contribution in [0.25, 0.3) is 0 Å². The Morgan fingerprint density at radius 3 is 2.88 bits per heavy atom. The Kier molecular flexibility index (Phi) is 4.05. The van der Waals surface area contributed by atoms with Gasteiger partial charge in [-0.25, -0.2) is 4.79 Å². The van der Waals surface area contributed by atoms with Crippen molar-refractivity contribution in [3.05, 3.63) is 41.9 Å². The first kappa shape index (κ1) is 12.2. The number of hydrogen-bond donors (Lipinski definition) is 1. The molecule has 0 saturated carbocycles. The minimum absolute atomic E-state index is 0.326. The fourth-order valence-electron chi connectivity index (χ4n) is 1.35. The Hall–Kier alpha value is -1.84. The standard InChI is InChI=1S/C12H16N2O2/c1-8(2)14-12(15)16-10(4)11-6-5-7-13-9(11)3/h5-7,10H,1H2,2-4H3,(H,14,15)/t10-/m1/s1. The lowest BCUT2D eigenvalue weighted by molar-refractivity contribution is 0.109. The number of carbonyl (C=O) groups excluding carboxylic acids is 1. The van der Waals surface area contributed by atoms with Gasteiger partial charge in [-0.2, -0.15) is 0 Å². The molecule has 0 aliphatic heterocycles. The van der Waals surface area contributed by atoms with E-state index in [9.17, 15) is 4.79 Å². The summed E-state index contributed by atoms with van der Waals surface area (Å²) in [6, 6.07) is 3.71. The molecule has 1 aromatic rings. The van der Waals surface area contributed by atoms with E-state index in [1.54, 1.807) is 13.1 Å². The molecular formula is C12H16N2O2. The van der Waals surface area contributed by atoms with Gasteiger partial charge in [0.25, 0.3) is 0 Å². The quantitative estimate of drug-likeness (QED) is 0.852. The van der Waals surface area contributed by atoms with E-state index in [2.05, 4.69) is 16.9 Å². The van der Waals surface area contributed by atoms with Crippen LogP contribution in [0.2, 0.25) is 0 Å². The minimum atomic E-state index is -0.497. The van der Waals surface area contributed by atoms with Crippen LogP contribution in [0.5, 0.6) is 0 Å². The van der Waals surface area contributed by atoms with Gasteiger partial charge in [0.15, 0.2) is 0 Å². The van der Waals surface area contributed by atoms with Gasteiger partial charge in [-0.15, -0.1) is 0 Å². The Bertz CT molecular complexity index is 402. The molecule has 0 fully saturated rings. The van der Waals surface area contributed by atoms with Crippen LogP contribution in [0, 0.1) is 6.92 Å². The molecule has 0 aliphatic carbocycles. The van der Waals surface area contributed by atoms with Crippen molar-refractivity contribution in [2.75, 3.05) is 0 Å². The molecule has 1 rings (SSSR count). The number of rotatable bonds is 3. The summed E-state index contributed by atoms with van der Waals surface area (Å²) in [5.74, 6) is 0. The third-order valence-corrected chi connectivity index (χ3v) is 2.09. The van der Waals surface area contributed by atoms with Gasteiger partial charge in [0.05, 0.1) is 0 Å². The largest absolute Gasteiger partial charge is 0.441 e. The molecule has 0 aromatic carbocycles. The molecule has 4 nitrogen and oxygen atoms in total. The lowest BCUT2D eigenvalue weighted by Gasteiger charge is -2.15. The number of pyridine rings is 1. The number of nitrogens with one attached hydrogen (secondary N) is 1. The molecule has 4 heteroatoms. The number of allylic oxidation sites excluding steroid dienone is 1. The second kappa shape index (κ2) is 5.30. The zero-order chi connectivity index (χ0) is 12.1. The number of hydrogen-bond acceptors (Lipinski definition) is 3. The molecule has 0 unspecified atom stereocenters. The number of ether oxygens (including phenoxy) is 1. The summed E-state index contributed by atoms with van der Waals surface area (Å²) < 4.78 is 5.18. The van der Waals surface area contributed by atoms with E-state index in [-0.39, 0.29) is 6.10 Å². The van der Waals surface area contributed by atoms with Crippen LogP contribution in [-0.2, 0) is 4.74 Å². The van der Waals surface area contributed by atoms with Crippen LogP contribution in [0.15, 0.2) is 30.6 Å². The number of amides is 1. The van der Waals surface area contributed by atoms with Gasteiger partial charge in [-0.1, -0.05) is 12.6 Å². The molecule has 0 radical (unpaired) electrons. The number of alkyl carbamates (subject to hydrolysis) is 1. The summed E-state index contributed by atoms with van der Waals surface area (Å²) in [7, 11) is 0. The number of aryl methyl sites for hydroxylation is 1. The van der Waals surface area contributed by atoms with Crippen molar-refractivity contribution in [2.45, 2.75) is 26.9 Å². The van der Waals surface area contributed by atoms with E-state index in [1.165, 1.54) is 0 Å². The van der Waals surface area contributed by atoms with Crippen LogP contribution in [0.1, 0.15) is 31.2 Å². The highest BCUT2D eigenvalue weighted by Gasteiger charge is 2.13. The van der Waals surface area contributed by atoms with Crippen molar-refractivity contribution in [1.29, 1.82) is 0 Å². The first-order valence-corrected chi connectivity index (χ1v) is 5.05. The molecule has 0 bridgehead atoms. The van der Waals surface area contributed by atoms with E-state index in [4.69, 9.17) is 4.74 Å². The first-order chi connectivity index (χ1) is 7.50. The van der Waals surface area contributed by atoms with Gasteiger partial charge < -0.3 is 4.74 Å². The highest BCUT2D eigenvalue weighted by Crippen LogP contribution is 2.18. The average molecular weight is 220 g/mol. The molecule has 0 aliphatic rings. The molecule has 86 valence electrons. The molecule has 0 spiro atoms. The molecular weight excluding hydrogens is 204 g/mol. The number of aromatic nitrogens is 1. The van der Waals surface area contributed by atoms with E-state index >= 15 is 0 Å². The highest BCUT2D eigenvalue weighted by atomic mass is 16.6. The summed E-state index contributed by atoms with van der Waals surface area (Å²) in [6.07, 6.45) is 0.885. The van der Waals surface area contributed by atoms with Crippen LogP contribution in [0.3, 0.4) is 0 Å². The summed E-state index contributed by atoms with van der Waals surface area (Å²) in [6.45, 7) is 8.95. The van der Waals surface area contributed by atoms with Crippen molar-refractivity contribution in [3.63, 3.8) is 0 Å². The molecule has 16 heavy (non-hydrogen) atoms. The predicted octanol–water partition coefficient (Wildman–Crippen LogP) is 2.71. The maximum absolute atomic E-state index is 11.3. The van der Waals surface area contributed by atoms with Gasteiger partial charge >= 0.3 is 6.09 Å². The van der Waals surface area contributed by atoms with Gasteiger partial charge in [0.2, 0.25) is 0 Å². The molecule has 0 saturated heterocycles. The number of nitrogens with zero attached hydrogens (tertiary/aromatic N) is 1. The normalized spacial score (nSPS) is 11.7. The number of carbonyl (C=O) groups is 1. The summed E-state index contributed by atoms with van der Waals surface area (Å²) in [5, 5.41) is 2.49. The van der Waals surface area contributed by atoms with Crippen LogP contribution < -0.4 is 5.32 Å². The Morgan fingerprint density at radius 2 is 2.31 bits per heavy atom. The summed E-state index contributed by atoms with van der Waals surface area (Å²) >= 11 is 0. The van der Waals surface area contributed by atoms with Crippen LogP contribution >= 0.6 is 0 Å². The van der Waals surface area contributed by atoms with Crippen molar-refractivity contribution in [1.82, 2.24) is 10.3 Å². The summed E-state index contributed by atoms with van der Waals surface area (Å²) in [5.41, 5.74) is 2.32. The summed E-state index contributed by atoms with van der Waals surface area (Å²) in [4.78, 5) is 15.5. The fraction of sp³-hybridized carbons (Fsp3) is 0.333. The van der Waals surface area contributed by atoms with E-state index in [0.717, 1.165) is 11.3 Å². The van der Waals surface area contributed by atoms with Crippen molar-refractivity contribution < 1.29 is 9.53 Å². The molecule has 1 amide bonds. The second-order valence-corrected chi connectivity index (χ2v) is 3.63. The molecule has 1 heterocycles. The second-order valence-electron chi connectivity index (χ2n) is 3.63. The smallest absolute Gasteiger partial charge is 0.411 e. The van der Waals surface area contributed by atoms with E-state index in [1.807, 2.05) is 26.0 Å². The first-order valence-electron chi connectivity index (χ1n) is 5.05. The van der Waals surface area contributed by atoms with Gasteiger partial charge in [0.1, 0.15) is 6.10 Å². The van der Waals surface area contributed by atoms with E-state index < -0.39 is 6.09 Å². The van der Waals surface area contributed by atoms with Crippen molar-refractivity contribution in [3.8, 4) is 0 Å². The highest BCUT2D eigenvalue weighted by molar-refractivity contribution is 5.69.